The van der Waals surface area contributed by atoms with Crippen LogP contribution in [-0.2, 0) is 14.8 Å². The first-order valence-electron chi connectivity index (χ1n) is 6.20. The largest absolute Gasteiger partial charge is 0.481 e. The van der Waals surface area contributed by atoms with Crippen LogP contribution in [0.5, 0.6) is 0 Å². The van der Waals surface area contributed by atoms with Gasteiger partial charge < -0.3 is 5.11 Å². The van der Waals surface area contributed by atoms with Crippen molar-refractivity contribution in [2.24, 2.45) is 11.8 Å². The van der Waals surface area contributed by atoms with Gasteiger partial charge in [-0.1, -0.05) is 13.0 Å². The van der Waals surface area contributed by atoms with Crippen molar-refractivity contribution in [1.82, 2.24) is 4.31 Å². The molecule has 0 aliphatic carbocycles. The van der Waals surface area contributed by atoms with E-state index in [-0.39, 0.29) is 19.0 Å². The Kier molecular flexibility index (Phi) is 3.98. The Morgan fingerprint density at radius 1 is 1.48 bits per heavy atom. The number of nitriles is 1. The molecule has 8 heteroatoms. The monoisotopic (exact) mass is 312 g/mol. The summed E-state index contributed by atoms with van der Waals surface area (Å²) >= 11 is 0. The lowest BCUT2D eigenvalue weighted by Gasteiger charge is -2.17. The normalized spacial score (nSPS) is 22.9. The van der Waals surface area contributed by atoms with Gasteiger partial charge in [0.05, 0.1) is 5.92 Å². The van der Waals surface area contributed by atoms with Crippen LogP contribution in [0.15, 0.2) is 23.1 Å². The van der Waals surface area contributed by atoms with Crippen LogP contribution >= 0.6 is 0 Å². The highest BCUT2D eigenvalue weighted by atomic mass is 32.2. The van der Waals surface area contributed by atoms with E-state index in [9.17, 15) is 17.6 Å². The maximum Gasteiger partial charge on any atom is 0.308 e. The van der Waals surface area contributed by atoms with Crippen molar-refractivity contribution in [2.45, 2.75) is 11.8 Å². The van der Waals surface area contributed by atoms with Crippen molar-refractivity contribution < 1.29 is 22.7 Å². The van der Waals surface area contributed by atoms with E-state index in [2.05, 4.69) is 0 Å². The Hall–Kier alpha value is -1.98. The van der Waals surface area contributed by atoms with Gasteiger partial charge in [-0.05, 0) is 18.1 Å². The number of rotatable bonds is 3. The van der Waals surface area contributed by atoms with E-state index in [0.29, 0.717) is 0 Å². The molecule has 1 aliphatic heterocycles. The van der Waals surface area contributed by atoms with Crippen molar-refractivity contribution in [3.63, 3.8) is 0 Å². The summed E-state index contributed by atoms with van der Waals surface area (Å²) in [5.74, 6) is -3.14. The topological polar surface area (TPSA) is 98.5 Å². The predicted molar refractivity (Wildman–Crippen MR) is 70.2 cm³/mol. The van der Waals surface area contributed by atoms with Crippen molar-refractivity contribution >= 4 is 16.0 Å². The molecule has 1 fully saturated rings. The number of carbonyl (C=O) groups is 1. The average molecular weight is 312 g/mol. The minimum absolute atomic E-state index is 0.0285. The summed E-state index contributed by atoms with van der Waals surface area (Å²) in [5.41, 5.74) is -0.552. The molecule has 1 aliphatic rings. The second-order valence-electron chi connectivity index (χ2n) is 4.97. The van der Waals surface area contributed by atoms with Crippen LogP contribution in [0.4, 0.5) is 4.39 Å². The van der Waals surface area contributed by atoms with Gasteiger partial charge in [0.2, 0.25) is 10.0 Å². The summed E-state index contributed by atoms with van der Waals surface area (Å²) in [6, 6.07) is 4.90. The predicted octanol–water partition coefficient (Wildman–Crippen LogP) is 1.04. The lowest BCUT2D eigenvalue weighted by Crippen LogP contribution is -2.30. The molecule has 0 unspecified atom stereocenters. The van der Waals surface area contributed by atoms with Crippen molar-refractivity contribution in [1.29, 1.82) is 5.26 Å². The van der Waals surface area contributed by atoms with Crippen LogP contribution in [-0.4, -0.2) is 36.9 Å². The fraction of sp³-hybridized carbons (Fsp3) is 0.385. The summed E-state index contributed by atoms with van der Waals surface area (Å²) in [4.78, 5) is 10.6. The molecule has 1 aromatic carbocycles. The van der Waals surface area contributed by atoms with Gasteiger partial charge in [-0.15, -0.1) is 0 Å². The zero-order valence-electron chi connectivity index (χ0n) is 11.2. The number of sulfonamides is 1. The molecule has 21 heavy (non-hydrogen) atoms. The van der Waals surface area contributed by atoms with Crippen LogP contribution in [0.25, 0.3) is 0 Å². The molecule has 1 N–H and O–H groups in total. The van der Waals surface area contributed by atoms with Gasteiger partial charge >= 0.3 is 5.97 Å². The lowest BCUT2D eigenvalue weighted by molar-refractivity contribution is -0.142. The first-order chi connectivity index (χ1) is 9.78. The Labute approximate surface area is 121 Å². The lowest BCUT2D eigenvalue weighted by atomic mass is 9.99. The molecule has 1 aromatic rings. The molecule has 2 rings (SSSR count). The third kappa shape index (κ3) is 2.62. The number of hydrogen-bond donors (Lipinski definition) is 1. The Balaban J connectivity index is 2.44. The van der Waals surface area contributed by atoms with E-state index >= 15 is 0 Å². The summed E-state index contributed by atoms with van der Waals surface area (Å²) < 4.78 is 39.5. The molecule has 112 valence electrons. The highest BCUT2D eigenvalue weighted by Gasteiger charge is 2.41. The molecule has 0 radical (unpaired) electrons. The molecular formula is C13H13FN2O4S. The standard InChI is InChI=1S/C13H13FN2O4S/c1-8-6-16(7-10(8)13(17)18)21(19,20)12-4-2-3-11(14)9(12)5-15/h2-4,8,10H,6-7H2,1H3,(H,17,18)/t8-,10-/m1/s1. The number of benzene rings is 1. The molecule has 0 saturated carbocycles. The number of carboxylic acid groups (broad SMARTS) is 1. The van der Waals surface area contributed by atoms with E-state index in [1.807, 2.05) is 0 Å². The highest BCUT2D eigenvalue weighted by Crippen LogP contribution is 2.30. The van der Waals surface area contributed by atoms with E-state index in [0.717, 1.165) is 16.4 Å². The van der Waals surface area contributed by atoms with Crippen LogP contribution in [0, 0.1) is 29.0 Å². The summed E-state index contributed by atoms with van der Waals surface area (Å²) in [7, 11) is -4.10. The maximum absolute atomic E-state index is 13.5. The number of carboxylic acids is 1. The van der Waals surface area contributed by atoms with Crippen molar-refractivity contribution in [2.75, 3.05) is 13.1 Å². The zero-order chi connectivity index (χ0) is 15.8. The fourth-order valence-electron chi connectivity index (χ4n) is 2.41. The molecule has 0 aromatic heterocycles. The van der Waals surface area contributed by atoms with Crippen LogP contribution < -0.4 is 0 Å². The zero-order valence-corrected chi connectivity index (χ0v) is 12.0. The SMILES string of the molecule is C[C@@H]1CN(S(=O)(=O)c2cccc(F)c2C#N)C[C@H]1C(=O)O. The number of hydrogen-bond acceptors (Lipinski definition) is 4. The first kappa shape index (κ1) is 15.4. The minimum atomic E-state index is -4.10. The van der Waals surface area contributed by atoms with E-state index in [4.69, 9.17) is 10.4 Å². The molecule has 2 atom stereocenters. The van der Waals surface area contributed by atoms with E-state index in [1.54, 1.807) is 13.0 Å². The van der Waals surface area contributed by atoms with Crippen LogP contribution in [0.2, 0.25) is 0 Å². The molecule has 0 bridgehead atoms. The third-order valence-corrected chi connectivity index (χ3v) is 5.48. The summed E-state index contributed by atoms with van der Waals surface area (Å²) in [6.45, 7) is 1.49. The Bertz CT molecular complexity index is 726. The molecule has 0 amide bonds. The van der Waals surface area contributed by atoms with Gasteiger partial charge in [0.15, 0.2) is 0 Å². The molecule has 6 nitrogen and oxygen atoms in total. The maximum atomic E-state index is 13.5. The van der Waals surface area contributed by atoms with Gasteiger partial charge in [0.25, 0.3) is 0 Å². The third-order valence-electron chi connectivity index (χ3n) is 3.60. The van der Waals surface area contributed by atoms with Crippen molar-refractivity contribution in [3.05, 3.63) is 29.6 Å². The smallest absolute Gasteiger partial charge is 0.308 e. The fourth-order valence-corrected chi connectivity index (χ4v) is 4.12. The number of nitrogens with zero attached hydrogens (tertiary/aromatic N) is 2. The molecule has 1 saturated heterocycles. The molecular weight excluding hydrogens is 299 g/mol. The van der Waals surface area contributed by atoms with Gasteiger partial charge in [0.1, 0.15) is 22.3 Å². The highest BCUT2D eigenvalue weighted by molar-refractivity contribution is 7.89. The summed E-state index contributed by atoms with van der Waals surface area (Å²) in [5, 5.41) is 18.0. The first-order valence-corrected chi connectivity index (χ1v) is 7.64. The van der Waals surface area contributed by atoms with Gasteiger partial charge in [-0.2, -0.15) is 9.57 Å². The van der Waals surface area contributed by atoms with E-state index in [1.165, 1.54) is 6.07 Å². The number of aliphatic carboxylic acids is 1. The number of halogens is 1. The van der Waals surface area contributed by atoms with E-state index < -0.39 is 38.2 Å². The molecule has 0 spiro atoms. The Morgan fingerprint density at radius 3 is 2.67 bits per heavy atom. The van der Waals surface area contributed by atoms with Gasteiger partial charge in [0, 0.05) is 13.1 Å². The second-order valence-corrected chi connectivity index (χ2v) is 6.88. The molecule has 1 heterocycles. The minimum Gasteiger partial charge on any atom is -0.481 e. The van der Waals surface area contributed by atoms with Gasteiger partial charge in [-0.25, -0.2) is 12.8 Å². The average Bonchev–Trinajstić information content (AvgIpc) is 2.81. The van der Waals surface area contributed by atoms with Crippen LogP contribution in [0.3, 0.4) is 0 Å². The van der Waals surface area contributed by atoms with Crippen LogP contribution in [0.1, 0.15) is 12.5 Å². The second kappa shape index (κ2) is 5.42. The summed E-state index contributed by atoms with van der Waals surface area (Å²) in [6.07, 6.45) is 0. The van der Waals surface area contributed by atoms with Crippen molar-refractivity contribution in [3.8, 4) is 6.07 Å². The van der Waals surface area contributed by atoms with Gasteiger partial charge in [-0.3, -0.25) is 4.79 Å². The quantitative estimate of drug-likeness (QED) is 0.899. The Morgan fingerprint density at radius 2 is 2.14 bits per heavy atom.